The van der Waals surface area contributed by atoms with E-state index in [4.69, 9.17) is 4.74 Å². The van der Waals surface area contributed by atoms with Crippen LogP contribution in [0.15, 0.2) is 29.3 Å². The van der Waals surface area contributed by atoms with Crippen LogP contribution in [0.3, 0.4) is 0 Å². The van der Waals surface area contributed by atoms with Crippen molar-refractivity contribution >= 4 is 5.96 Å². The van der Waals surface area contributed by atoms with E-state index in [1.807, 2.05) is 13.0 Å². The molecule has 0 fully saturated rings. The Balaban J connectivity index is 2.34. The fourth-order valence-corrected chi connectivity index (χ4v) is 1.74. The lowest BCUT2D eigenvalue weighted by Crippen LogP contribution is -2.44. The third kappa shape index (κ3) is 6.20. The topological polar surface area (TPSA) is 45.7 Å². The fraction of sp³-hybridized carbons (Fsp3) is 0.500. The second-order valence-electron chi connectivity index (χ2n) is 4.38. The molecule has 0 aromatic heterocycles. The number of rotatable bonds is 6. The van der Waals surface area contributed by atoms with Crippen LogP contribution in [-0.4, -0.2) is 39.3 Å². The third-order valence-electron chi connectivity index (χ3n) is 2.62. The van der Waals surface area contributed by atoms with Crippen molar-refractivity contribution in [3.63, 3.8) is 0 Å². The molecule has 0 aliphatic carbocycles. The van der Waals surface area contributed by atoms with E-state index in [1.165, 1.54) is 6.07 Å². The number of nitrogens with one attached hydrogen (secondary N) is 2. The number of hydrogen-bond acceptors (Lipinski definition) is 2. The number of nitrogens with zero attached hydrogens (tertiary/aromatic N) is 1. The zero-order valence-corrected chi connectivity index (χ0v) is 11.7. The molecule has 2 N–H and O–H groups in total. The van der Waals surface area contributed by atoms with E-state index in [0.717, 1.165) is 17.9 Å². The predicted molar refractivity (Wildman–Crippen MR) is 75.9 cm³/mol. The summed E-state index contributed by atoms with van der Waals surface area (Å²) in [7, 11) is 3.38. The molecular weight excluding hydrogens is 245 g/mol. The molecule has 1 unspecified atom stereocenters. The number of guanidine groups is 1. The molecule has 0 saturated heterocycles. The Kier molecular flexibility index (Phi) is 6.89. The Morgan fingerprint density at radius 1 is 1.47 bits per heavy atom. The highest BCUT2D eigenvalue weighted by molar-refractivity contribution is 5.79. The van der Waals surface area contributed by atoms with Gasteiger partial charge in [0.2, 0.25) is 0 Å². The van der Waals surface area contributed by atoms with Gasteiger partial charge < -0.3 is 15.4 Å². The lowest BCUT2D eigenvalue weighted by atomic mass is 10.1. The number of hydrogen-bond donors (Lipinski definition) is 2. The van der Waals surface area contributed by atoms with Gasteiger partial charge in [-0.15, -0.1) is 0 Å². The minimum absolute atomic E-state index is 0.186. The molecule has 0 radical (unpaired) electrons. The van der Waals surface area contributed by atoms with E-state index >= 15 is 0 Å². The van der Waals surface area contributed by atoms with Gasteiger partial charge in [-0.1, -0.05) is 12.1 Å². The number of benzene rings is 1. The Hall–Kier alpha value is -1.62. The first-order valence-corrected chi connectivity index (χ1v) is 6.36. The van der Waals surface area contributed by atoms with Gasteiger partial charge in [0.05, 0.1) is 6.61 Å². The molecule has 0 bridgehead atoms. The number of ether oxygens (including phenoxy) is 1. The van der Waals surface area contributed by atoms with E-state index in [-0.39, 0.29) is 11.9 Å². The summed E-state index contributed by atoms with van der Waals surface area (Å²) in [4.78, 5) is 4.12. The van der Waals surface area contributed by atoms with Crippen LogP contribution in [0.5, 0.6) is 0 Å². The first-order valence-electron chi connectivity index (χ1n) is 6.36. The standard InChI is InChI=1S/C14H22FN3O/c1-11(10-19-3)18-14(16-2)17-8-7-12-5-4-6-13(15)9-12/h4-6,9,11H,7-8,10H2,1-3H3,(H2,16,17,18). The first-order chi connectivity index (χ1) is 9.15. The summed E-state index contributed by atoms with van der Waals surface area (Å²) in [5.74, 6) is 0.523. The van der Waals surface area contributed by atoms with Crippen molar-refractivity contribution in [1.82, 2.24) is 10.6 Å². The molecule has 0 heterocycles. The van der Waals surface area contributed by atoms with Gasteiger partial charge in [0, 0.05) is 26.7 Å². The average Bonchev–Trinajstić information content (AvgIpc) is 2.38. The lowest BCUT2D eigenvalue weighted by molar-refractivity contribution is 0.179. The van der Waals surface area contributed by atoms with E-state index in [1.54, 1.807) is 26.3 Å². The molecule has 1 aromatic rings. The highest BCUT2D eigenvalue weighted by atomic mass is 19.1. The Labute approximate surface area is 114 Å². The Morgan fingerprint density at radius 3 is 2.89 bits per heavy atom. The Morgan fingerprint density at radius 2 is 2.26 bits per heavy atom. The predicted octanol–water partition coefficient (Wildman–Crippen LogP) is 1.57. The number of aliphatic imine (C=N–C) groups is 1. The van der Waals surface area contributed by atoms with Crippen molar-refractivity contribution in [3.8, 4) is 0 Å². The molecule has 4 nitrogen and oxygen atoms in total. The second-order valence-corrected chi connectivity index (χ2v) is 4.38. The quantitative estimate of drug-likeness (QED) is 0.607. The van der Waals surface area contributed by atoms with Gasteiger partial charge in [-0.3, -0.25) is 4.99 Å². The number of methoxy groups -OCH3 is 1. The summed E-state index contributed by atoms with van der Waals surface area (Å²) in [5.41, 5.74) is 0.966. The fourth-order valence-electron chi connectivity index (χ4n) is 1.74. The van der Waals surface area contributed by atoms with Crippen molar-refractivity contribution in [2.75, 3.05) is 27.3 Å². The molecule has 0 saturated carbocycles. The maximum absolute atomic E-state index is 13.0. The molecule has 0 amide bonds. The summed E-state index contributed by atoms with van der Waals surface area (Å²) in [6.07, 6.45) is 0.747. The third-order valence-corrected chi connectivity index (χ3v) is 2.62. The van der Waals surface area contributed by atoms with Crippen LogP contribution >= 0.6 is 0 Å². The average molecular weight is 267 g/mol. The molecule has 1 rings (SSSR count). The molecule has 0 spiro atoms. The molecule has 5 heteroatoms. The van der Waals surface area contributed by atoms with Gasteiger partial charge in [0.15, 0.2) is 5.96 Å². The van der Waals surface area contributed by atoms with Gasteiger partial charge in [-0.25, -0.2) is 4.39 Å². The van der Waals surface area contributed by atoms with E-state index < -0.39 is 0 Å². The molecule has 1 atom stereocenters. The van der Waals surface area contributed by atoms with Gasteiger partial charge >= 0.3 is 0 Å². The summed E-state index contributed by atoms with van der Waals surface area (Å²) >= 11 is 0. The van der Waals surface area contributed by atoms with E-state index in [2.05, 4.69) is 15.6 Å². The second kappa shape index (κ2) is 8.48. The maximum atomic E-state index is 13.0. The summed E-state index contributed by atoms with van der Waals surface area (Å²) < 4.78 is 18.1. The van der Waals surface area contributed by atoms with Crippen LogP contribution in [0.25, 0.3) is 0 Å². The van der Waals surface area contributed by atoms with Gasteiger partial charge in [0.25, 0.3) is 0 Å². The van der Waals surface area contributed by atoms with E-state index in [0.29, 0.717) is 13.2 Å². The van der Waals surface area contributed by atoms with Gasteiger partial charge in [-0.2, -0.15) is 0 Å². The molecule has 0 aliphatic rings. The van der Waals surface area contributed by atoms with Crippen LogP contribution in [-0.2, 0) is 11.2 Å². The number of halogens is 1. The SMILES string of the molecule is CN=C(NCCc1cccc(F)c1)NC(C)COC. The zero-order valence-electron chi connectivity index (χ0n) is 11.7. The van der Waals surface area contributed by atoms with Gasteiger partial charge in [0.1, 0.15) is 5.82 Å². The minimum atomic E-state index is -0.200. The molecule has 0 aliphatic heterocycles. The smallest absolute Gasteiger partial charge is 0.191 e. The van der Waals surface area contributed by atoms with Gasteiger partial charge in [-0.05, 0) is 31.0 Å². The van der Waals surface area contributed by atoms with Crippen LogP contribution in [0.1, 0.15) is 12.5 Å². The highest BCUT2D eigenvalue weighted by Gasteiger charge is 2.04. The molecule has 106 valence electrons. The van der Waals surface area contributed by atoms with Crippen molar-refractivity contribution in [2.45, 2.75) is 19.4 Å². The molecule has 1 aromatic carbocycles. The maximum Gasteiger partial charge on any atom is 0.191 e. The van der Waals surface area contributed by atoms with Crippen molar-refractivity contribution < 1.29 is 9.13 Å². The van der Waals surface area contributed by atoms with Crippen LogP contribution in [0, 0.1) is 5.82 Å². The van der Waals surface area contributed by atoms with Crippen molar-refractivity contribution in [3.05, 3.63) is 35.6 Å². The minimum Gasteiger partial charge on any atom is -0.383 e. The monoisotopic (exact) mass is 267 g/mol. The van der Waals surface area contributed by atoms with Crippen LogP contribution < -0.4 is 10.6 Å². The van der Waals surface area contributed by atoms with E-state index in [9.17, 15) is 4.39 Å². The Bertz CT molecular complexity index is 409. The van der Waals surface area contributed by atoms with Crippen LogP contribution in [0.2, 0.25) is 0 Å². The van der Waals surface area contributed by atoms with Crippen LogP contribution in [0.4, 0.5) is 4.39 Å². The zero-order chi connectivity index (χ0) is 14.1. The normalized spacial score (nSPS) is 13.2. The summed E-state index contributed by atoms with van der Waals surface area (Å²) in [5, 5.41) is 6.39. The lowest BCUT2D eigenvalue weighted by Gasteiger charge is -2.17. The largest absolute Gasteiger partial charge is 0.383 e. The highest BCUT2D eigenvalue weighted by Crippen LogP contribution is 2.03. The molecule has 19 heavy (non-hydrogen) atoms. The summed E-state index contributed by atoms with van der Waals surface area (Å²) in [6, 6.07) is 6.81. The molecular formula is C14H22FN3O. The summed E-state index contributed by atoms with van der Waals surface area (Å²) in [6.45, 7) is 3.33. The first kappa shape index (κ1) is 15.4. The van der Waals surface area contributed by atoms with Crippen molar-refractivity contribution in [2.24, 2.45) is 4.99 Å². The van der Waals surface area contributed by atoms with Crippen molar-refractivity contribution in [1.29, 1.82) is 0 Å².